The van der Waals surface area contributed by atoms with Crippen LogP contribution < -0.4 is 9.47 Å². The zero-order valence-electron chi connectivity index (χ0n) is 10.1. The zero-order valence-corrected chi connectivity index (χ0v) is 11.7. The van der Waals surface area contributed by atoms with Crippen molar-refractivity contribution in [1.29, 1.82) is 0 Å². The third kappa shape index (κ3) is 2.29. The van der Waals surface area contributed by atoms with Crippen molar-refractivity contribution in [3.05, 3.63) is 22.2 Å². The molecule has 1 aromatic carbocycles. The van der Waals surface area contributed by atoms with E-state index in [0.717, 1.165) is 40.8 Å². The maximum atomic E-state index is 9.98. The van der Waals surface area contributed by atoms with Crippen molar-refractivity contribution in [2.24, 2.45) is 0 Å². The molecule has 2 unspecified atom stereocenters. The first-order valence-electron chi connectivity index (χ1n) is 5.77. The third-order valence-electron chi connectivity index (χ3n) is 3.40. The Morgan fingerprint density at radius 3 is 2.53 bits per heavy atom. The monoisotopic (exact) mass is 300 g/mol. The lowest BCUT2D eigenvalue weighted by molar-refractivity contribution is 0.162. The summed E-state index contributed by atoms with van der Waals surface area (Å²) in [5.41, 5.74) is 1.06. The molecule has 1 saturated carbocycles. The molecule has 1 aliphatic carbocycles. The van der Waals surface area contributed by atoms with Crippen LogP contribution in [0.15, 0.2) is 16.6 Å². The smallest absolute Gasteiger partial charge is 0.140 e. The average molecular weight is 301 g/mol. The van der Waals surface area contributed by atoms with E-state index >= 15 is 0 Å². The van der Waals surface area contributed by atoms with Crippen LogP contribution >= 0.6 is 15.9 Å². The topological polar surface area (TPSA) is 38.7 Å². The summed E-state index contributed by atoms with van der Waals surface area (Å²) in [6.07, 6.45) is 2.69. The minimum absolute atomic E-state index is 0.173. The molecule has 1 N–H and O–H groups in total. The molecule has 0 radical (unpaired) electrons. The van der Waals surface area contributed by atoms with Crippen molar-refractivity contribution in [3.8, 4) is 11.5 Å². The number of halogens is 1. The Morgan fingerprint density at radius 2 is 2.00 bits per heavy atom. The number of benzene rings is 1. The molecule has 0 saturated heterocycles. The Hall–Kier alpha value is -0.740. The van der Waals surface area contributed by atoms with Crippen LogP contribution in [0.5, 0.6) is 11.5 Å². The lowest BCUT2D eigenvalue weighted by Crippen LogP contribution is -2.12. The van der Waals surface area contributed by atoms with Gasteiger partial charge in [0, 0.05) is 11.5 Å². The van der Waals surface area contributed by atoms with Crippen LogP contribution in [-0.4, -0.2) is 25.4 Å². The van der Waals surface area contributed by atoms with Gasteiger partial charge in [0.1, 0.15) is 16.0 Å². The summed E-state index contributed by atoms with van der Waals surface area (Å²) in [5.74, 6) is 1.69. The Morgan fingerprint density at radius 1 is 1.24 bits per heavy atom. The largest absolute Gasteiger partial charge is 0.495 e. The van der Waals surface area contributed by atoms with Crippen molar-refractivity contribution in [2.75, 3.05) is 14.2 Å². The van der Waals surface area contributed by atoms with E-state index in [0.29, 0.717) is 0 Å². The summed E-state index contributed by atoms with van der Waals surface area (Å²) in [7, 11) is 3.27. The van der Waals surface area contributed by atoms with Crippen molar-refractivity contribution < 1.29 is 14.6 Å². The highest BCUT2D eigenvalue weighted by atomic mass is 79.9. The fraction of sp³-hybridized carbons (Fsp3) is 0.538. The summed E-state index contributed by atoms with van der Waals surface area (Å²) >= 11 is 3.49. The molecule has 4 heteroatoms. The first kappa shape index (κ1) is 12.7. The molecule has 1 fully saturated rings. The molecule has 0 aromatic heterocycles. The number of aliphatic hydroxyl groups is 1. The van der Waals surface area contributed by atoms with Crippen LogP contribution in [0.3, 0.4) is 0 Å². The number of methoxy groups -OCH3 is 2. The van der Waals surface area contributed by atoms with E-state index < -0.39 is 0 Å². The van der Waals surface area contributed by atoms with E-state index in [1.807, 2.05) is 12.1 Å². The molecule has 1 aliphatic rings. The molecular weight excluding hydrogens is 284 g/mol. The van der Waals surface area contributed by atoms with E-state index in [1.165, 1.54) is 0 Å². The van der Waals surface area contributed by atoms with Gasteiger partial charge in [-0.3, -0.25) is 0 Å². The van der Waals surface area contributed by atoms with Gasteiger partial charge in [0.25, 0.3) is 0 Å². The Bertz CT molecular complexity index is 406. The highest BCUT2D eigenvalue weighted by Gasteiger charge is 2.30. The van der Waals surface area contributed by atoms with E-state index in [2.05, 4.69) is 15.9 Å². The van der Waals surface area contributed by atoms with E-state index in [4.69, 9.17) is 9.47 Å². The molecule has 0 spiro atoms. The Balaban J connectivity index is 2.43. The van der Waals surface area contributed by atoms with Gasteiger partial charge < -0.3 is 14.6 Å². The second-order valence-corrected chi connectivity index (χ2v) is 5.10. The Kier molecular flexibility index (Phi) is 3.94. The fourth-order valence-electron chi connectivity index (χ4n) is 2.51. The number of rotatable bonds is 3. The molecule has 0 amide bonds. The van der Waals surface area contributed by atoms with Crippen molar-refractivity contribution in [1.82, 2.24) is 0 Å². The molecule has 0 bridgehead atoms. The summed E-state index contributed by atoms with van der Waals surface area (Å²) in [6.45, 7) is 0. The fourth-order valence-corrected chi connectivity index (χ4v) is 3.20. The predicted octanol–water partition coefficient (Wildman–Crippen LogP) is 3.09. The molecule has 94 valence electrons. The normalized spacial score (nSPS) is 23.8. The molecule has 3 nitrogen and oxygen atoms in total. The zero-order chi connectivity index (χ0) is 12.4. The summed E-state index contributed by atoms with van der Waals surface area (Å²) in [5, 5.41) is 9.98. The first-order chi connectivity index (χ1) is 8.19. The molecular formula is C13H17BrO3. The van der Waals surface area contributed by atoms with Gasteiger partial charge in [-0.2, -0.15) is 0 Å². The highest BCUT2D eigenvalue weighted by Crippen LogP contribution is 2.45. The number of aliphatic hydroxyl groups excluding tert-OH is 1. The van der Waals surface area contributed by atoms with Crippen LogP contribution in [0.4, 0.5) is 0 Å². The lowest BCUT2D eigenvalue weighted by Gasteiger charge is -2.20. The van der Waals surface area contributed by atoms with Gasteiger partial charge in [-0.05, 0) is 34.8 Å². The first-order valence-corrected chi connectivity index (χ1v) is 6.56. The van der Waals surface area contributed by atoms with Crippen molar-refractivity contribution in [2.45, 2.75) is 31.3 Å². The minimum Gasteiger partial charge on any atom is -0.495 e. The van der Waals surface area contributed by atoms with Crippen LogP contribution in [0.25, 0.3) is 0 Å². The minimum atomic E-state index is -0.260. The van der Waals surface area contributed by atoms with Gasteiger partial charge in [0.05, 0.1) is 20.3 Å². The summed E-state index contributed by atoms with van der Waals surface area (Å²) in [6, 6.07) is 3.90. The molecule has 17 heavy (non-hydrogen) atoms. The molecule has 0 heterocycles. The van der Waals surface area contributed by atoms with Gasteiger partial charge in [-0.15, -0.1) is 0 Å². The molecule has 2 rings (SSSR count). The number of hydrogen-bond acceptors (Lipinski definition) is 3. The molecule has 2 atom stereocenters. The van der Waals surface area contributed by atoms with Crippen LogP contribution in [0.1, 0.15) is 30.7 Å². The molecule has 1 aromatic rings. The molecule has 0 aliphatic heterocycles. The van der Waals surface area contributed by atoms with Gasteiger partial charge in [-0.25, -0.2) is 0 Å². The van der Waals surface area contributed by atoms with E-state index in [9.17, 15) is 5.11 Å². The SMILES string of the molecule is COc1ccc(C2CCCC2O)c(OC)c1Br. The van der Waals surface area contributed by atoms with Gasteiger partial charge in [0.2, 0.25) is 0 Å². The lowest BCUT2D eigenvalue weighted by atomic mass is 9.94. The summed E-state index contributed by atoms with van der Waals surface area (Å²) < 4.78 is 11.5. The van der Waals surface area contributed by atoms with Crippen molar-refractivity contribution >= 4 is 15.9 Å². The van der Waals surface area contributed by atoms with Gasteiger partial charge in [0.15, 0.2) is 0 Å². The number of hydrogen-bond donors (Lipinski definition) is 1. The van der Waals surface area contributed by atoms with Crippen LogP contribution in [0.2, 0.25) is 0 Å². The van der Waals surface area contributed by atoms with Gasteiger partial charge >= 0.3 is 0 Å². The maximum Gasteiger partial charge on any atom is 0.140 e. The number of ether oxygens (including phenoxy) is 2. The maximum absolute atomic E-state index is 9.98. The van der Waals surface area contributed by atoms with Crippen LogP contribution in [-0.2, 0) is 0 Å². The quantitative estimate of drug-likeness (QED) is 0.932. The standard InChI is InChI=1S/C13H17BrO3/c1-16-11-7-6-9(13(17-2)12(11)14)8-4-3-5-10(8)15/h6-8,10,15H,3-5H2,1-2H3. The van der Waals surface area contributed by atoms with E-state index in [1.54, 1.807) is 14.2 Å². The predicted molar refractivity (Wildman–Crippen MR) is 69.8 cm³/mol. The van der Waals surface area contributed by atoms with Crippen molar-refractivity contribution in [3.63, 3.8) is 0 Å². The average Bonchev–Trinajstić information content (AvgIpc) is 2.75. The van der Waals surface area contributed by atoms with Crippen LogP contribution in [0, 0.1) is 0 Å². The highest BCUT2D eigenvalue weighted by molar-refractivity contribution is 9.10. The third-order valence-corrected chi connectivity index (χ3v) is 4.15. The van der Waals surface area contributed by atoms with E-state index in [-0.39, 0.29) is 12.0 Å². The summed E-state index contributed by atoms with van der Waals surface area (Å²) in [4.78, 5) is 0. The second kappa shape index (κ2) is 5.27. The Labute approximate surface area is 110 Å². The van der Waals surface area contributed by atoms with Gasteiger partial charge in [-0.1, -0.05) is 12.5 Å². The second-order valence-electron chi connectivity index (χ2n) is 4.31.